The first-order valence-corrected chi connectivity index (χ1v) is 18.3. The largest absolute Gasteiger partial charge is 0.505 e. The molecule has 0 atom stereocenters. The summed E-state index contributed by atoms with van der Waals surface area (Å²) in [7, 11) is 0. The molecule has 0 aliphatic heterocycles. The smallest absolute Gasteiger partial charge is 0.147 e. The number of nitrogens with zero attached hydrogens (tertiary/aromatic N) is 1. The molecule has 0 amide bonds. The Kier molecular flexibility index (Phi) is 9.21. The summed E-state index contributed by atoms with van der Waals surface area (Å²) >= 11 is 0. The van der Waals surface area contributed by atoms with Gasteiger partial charge in [0.1, 0.15) is 17.3 Å². The summed E-state index contributed by atoms with van der Waals surface area (Å²) in [6, 6.07) is 41.1. The van der Waals surface area contributed by atoms with Crippen LogP contribution in [-0.2, 0) is 5.41 Å². The highest BCUT2D eigenvalue weighted by Crippen LogP contribution is 2.48. The third-order valence-electron chi connectivity index (χ3n) is 10.0. The van der Waals surface area contributed by atoms with E-state index < -0.39 is 0 Å². The summed E-state index contributed by atoms with van der Waals surface area (Å²) in [4.78, 5) is 0. The van der Waals surface area contributed by atoms with Crippen molar-refractivity contribution in [3.8, 4) is 50.6 Å². The lowest BCUT2D eigenvalue weighted by atomic mass is 9.71. The standard InChI is InChI=1S/C48H48FNO2/c1-8-23-52-46-31(2)24-37(49)29-41(46)40-27-36(48(6,7)30-47(3,4)5)28-44(45(40)51)50-42-25-34(32-15-11-9-12-16-32)19-21-38(42)39-22-20-35(26-43(39)50)33-17-13-10-14-18-33/h9-22,24-29,51H,8,23,30H2,1-7H3. The predicted molar refractivity (Wildman–Crippen MR) is 216 cm³/mol. The van der Waals surface area contributed by atoms with E-state index in [1.807, 2.05) is 19.1 Å². The summed E-state index contributed by atoms with van der Waals surface area (Å²) in [5.74, 6) is 0.305. The van der Waals surface area contributed by atoms with Gasteiger partial charge >= 0.3 is 0 Å². The molecule has 0 aliphatic rings. The number of phenols is 1. The molecule has 0 radical (unpaired) electrons. The molecule has 1 aromatic heterocycles. The number of hydrogen-bond donors (Lipinski definition) is 1. The van der Waals surface area contributed by atoms with Crippen LogP contribution in [0.5, 0.6) is 11.5 Å². The number of aromatic hydroxyl groups is 1. The highest BCUT2D eigenvalue weighted by atomic mass is 19.1. The number of ether oxygens (including phenoxy) is 1. The molecule has 1 heterocycles. The van der Waals surface area contributed by atoms with Gasteiger partial charge in [0.2, 0.25) is 0 Å². The first kappa shape index (κ1) is 35.1. The monoisotopic (exact) mass is 689 g/mol. The molecule has 3 nitrogen and oxygen atoms in total. The summed E-state index contributed by atoms with van der Waals surface area (Å²) in [6.45, 7) is 15.7. The zero-order valence-electron chi connectivity index (χ0n) is 31.3. The van der Waals surface area contributed by atoms with E-state index in [1.165, 1.54) is 12.1 Å². The molecule has 0 bridgehead atoms. The van der Waals surface area contributed by atoms with Crippen molar-refractivity contribution in [1.82, 2.24) is 4.57 Å². The fourth-order valence-corrected chi connectivity index (χ4v) is 8.04. The molecule has 264 valence electrons. The maximum Gasteiger partial charge on any atom is 0.147 e. The van der Waals surface area contributed by atoms with E-state index in [-0.39, 0.29) is 22.4 Å². The van der Waals surface area contributed by atoms with Crippen molar-refractivity contribution >= 4 is 21.8 Å². The molecule has 52 heavy (non-hydrogen) atoms. The van der Waals surface area contributed by atoms with Crippen LogP contribution in [0.25, 0.3) is 60.9 Å². The lowest BCUT2D eigenvalue weighted by molar-refractivity contribution is 0.284. The number of phenolic OH excluding ortho intramolecular Hbond substituents is 1. The van der Waals surface area contributed by atoms with E-state index in [0.717, 1.165) is 62.5 Å². The molecule has 0 saturated carbocycles. The van der Waals surface area contributed by atoms with Gasteiger partial charge in [-0.2, -0.15) is 0 Å². The van der Waals surface area contributed by atoms with E-state index in [9.17, 15) is 5.11 Å². The molecule has 0 unspecified atom stereocenters. The Bertz CT molecular complexity index is 2300. The first-order chi connectivity index (χ1) is 24.8. The molecule has 7 rings (SSSR count). The summed E-state index contributed by atoms with van der Waals surface area (Å²) < 4.78 is 23.9. The summed E-state index contributed by atoms with van der Waals surface area (Å²) in [5.41, 5.74) is 9.60. The normalized spacial score (nSPS) is 12.2. The lowest BCUT2D eigenvalue weighted by Gasteiger charge is -2.34. The van der Waals surface area contributed by atoms with Crippen LogP contribution < -0.4 is 4.74 Å². The Morgan fingerprint density at radius 2 is 1.21 bits per heavy atom. The van der Waals surface area contributed by atoms with Crippen LogP contribution >= 0.6 is 0 Å². The number of aromatic nitrogens is 1. The van der Waals surface area contributed by atoms with E-state index in [1.54, 1.807) is 0 Å². The fraction of sp³-hybridized carbons (Fsp3) is 0.250. The van der Waals surface area contributed by atoms with Gasteiger partial charge in [0.05, 0.1) is 23.3 Å². The van der Waals surface area contributed by atoms with Crippen LogP contribution in [0.1, 0.15) is 65.5 Å². The van der Waals surface area contributed by atoms with E-state index in [0.29, 0.717) is 34.7 Å². The quantitative estimate of drug-likeness (QED) is 0.164. The minimum Gasteiger partial charge on any atom is -0.505 e. The number of halogens is 1. The number of aryl methyl sites for hydroxylation is 1. The molecule has 4 heteroatoms. The van der Waals surface area contributed by atoms with Gasteiger partial charge in [-0.3, -0.25) is 0 Å². The van der Waals surface area contributed by atoms with Crippen molar-refractivity contribution in [2.45, 2.75) is 66.7 Å². The van der Waals surface area contributed by atoms with Crippen LogP contribution in [-0.4, -0.2) is 16.3 Å². The Balaban J connectivity index is 1.61. The van der Waals surface area contributed by atoms with Crippen LogP contribution in [0.15, 0.2) is 121 Å². The zero-order valence-corrected chi connectivity index (χ0v) is 31.3. The van der Waals surface area contributed by atoms with Crippen LogP contribution in [0.4, 0.5) is 4.39 Å². The highest BCUT2D eigenvalue weighted by molar-refractivity contribution is 6.11. The molecule has 0 saturated heterocycles. The average molecular weight is 690 g/mol. The van der Waals surface area contributed by atoms with Crippen LogP contribution in [0.3, 0.4) is 0 Å². The van der Waals surface area contributed by atoms with Crippen molar-refractivity contribution in [2.24, 2.45) is 5.41 Å². The second-order valence-electron chi connectivity index (χ2n) is 16.0. The highest BCUT2D eigenvalue weighted by Gasteiger charge is 2.31. The van der Waals surface area contributed by atoms with Crippen molar-refractivity contribution < 1.29 is 14.2 Å². The van der Waals surface area contributed by atoms with Crippen LogP contribution in [0, 0.1) is 18.2 Å². The minimum atomic E-state index is -0.367. The second-order valence-corrected chi connectivity index (χ2v) is 16.0. The Hall–Kier alpha value is -5.35. The van der Waals surface area contributed by atoms with Gasteiger partial charge in [-0.05, 0) is 100 Å². The first-order valence-electron chi connectivity index (χ1n) is 18.3. The maximum absolute atomic E-state index is 15.4. The topological polar surface area (TPSA) is 34.4 Å². The van der Waals surface area contributed by atoms with Crippen LogP contribution in [0.2, 0.25) is 0 Å². The van der Waals surface area contributed by atoms with Gasteiger partial charge in [0, 0.05) is 21.9 Å². The van der Waals surface area contributed by atoms with Gasteiger partial charge in [-0.15, -0.1) is 0 Å². The summed E-state index contributed by atoms with van der Waals surface area (Å²) in [6.07, 6.45) is 1.70. The SMILES string of the molecule is CCCOc1c(C)cc(F)cc1-c1cc(C(C)(C)CC(C)(C)C)cc(-n2c3cc(-c4ccccc4)ccc3c3ccc(-c4ccccc4)cc32)c1O. The Morgan fingerprint density at radius 1 is 0.654 bits per heavy atom. The van der Waals surface area contributed by atoms with Crippen molar-refractivity contribution in [1.29, 1.82) is 0 Å². The number of fused-ring (bicyclic) bond motifs is 3. The van der Waals surface area contributed by atoms with Gasteiger partial charge in [-0.25, -0.2) is 4.39 Å². The number of rotatable bonds is 9. The Labute approximate surface area is 307 Å². The lowest BCUT2D eigenvalue weighted by Crippen LogP contribution is -2.25. The van der Waals surface area contributed by atoms with Gasteiger partial charge in [0.15, 0.2) is 0 Å². The minimum absolute atomic E-state index is 0.0363. The van der Waals surface area contributed by atoms with Crippen molar-refractivity contribution in [3.05, 3.63) is 138 Å². The average Bonchev–Trinajstić information content (AvgIpc) is 3.43. The van der Waals surface area contributed by atoms with Crippen molar-refractivity contribution in [3.63, 3.8) is 0 Å². The van der Waals surface area contributed by atoms with Gasteiger partial charge in [-0.1, -0.05) is 126 Å². The summed E-state index contributed by atoms with van der Waals surface area (Å²) in [5, 5.41) is 14.8. The zero-order chi connectivity index (χ0) is 36.8. The molecule has 1 N–H and O–H groups in total. The van der Waals surface area contributed by atoms with Crippen molar-refractivity contribution in [2.75, 3.05) is 6.61 Å². The fourth-order valence-electron chi connectivity index (χ4n) is 8.04. The molecular weight excluding hydrogens is 642 g/mol. The molecule has 0 fully saturated rings. The van der Waals surface area contributed by atoms with E-state index in [4.69, 9.17) is 4.74 Å². The molecule has 0 spiro atoms. The third-order valence-corrected chi connectivity index (χ3v) is 10.0. The molecule has 6 aromatic carbocycles. The molecule has 7 aromatic rings. The molecular formula is C48H48FNO2. The number of benzene rings is 6. The third kappa shape index (κ3) is 6.70. The number of hydrogen-bond acceptors (Lipinski definition) is 2. The predicted octanol–water partition coefficient (Wildman–Crippen LogP) is 13.4. The van der Waals surface area contributed by atoms with Gasteiger partial charge < -0.3 is 14.4 Å². The van der Waals surface area contributed by atoms with E-state index in [2.05, 4.69) is 143 Å². The molecule has 0 aliphatic carbocycles. The Morgan fingerprint density at radius 3 is 1.73 bits per heavy atom. The van der Waals surface area contributed by atoms with E-state index >= 15 is 4.39 Å². The second kappa shape index (κ2) is 13.7. The van der Waals surface area contributed by atoms with Gasteiger partial charge in [0.25, 0.3) is 0 Å². The maximum atomic E-state index is 15.4.